The number of hydrogen-bond acceptors (Lipinski definition) is 3. The summed E-state index contributed by atoms with van der Waals surface area (Å²) in [6.07, 6.45) is -12.5. The first-order valence-electron chi connectivity index (χ1n) is 3.67. The summed E-state index contributed by atoms with van der Waals surface area (Å²) in [6, 6.07) is 0. The van der Waals surface area contributed by atoms with Gasteiger partial charge in [-0.3, -0.25) is 0 Å². The summed E-state index contributed by atoms with van der Waals surface area (Å²) in [5.41, 5.74) is 0. The standard InChI is InChI=1S/C6H10F5NO2/c7-5(8)3(13)1-12-2-4(14)6(9,10)11/h3-5,12-14H,1-2H2. The lowest BCUT2D eigenvalue weighted by Crippen LogP contribution is -2.42. The third kappa shape index (κ3) is 5.30. The van der Waals surface area contributed by atoms with Crippen LogP contribution < -0.4 is 5.32 Å². The van der Waals surface area contributed by atoms with Gasteiger partial charge in [0.25, 0.3) is 6.43 Å². The van der Waals surface area contributed by atoms with Crippen LogP contribution in [0.3, 0.4) is 0 Å². The van der Waals surface area contributed by atoms with Gasteiger partial charge in [-0.2, -0.15) is 13.2 Å². The van der Waals surface area contributed by atoms with Gasteiger partial charge >= 0.3 is 6.18 Å². The van der Waals surface area contributed by atoms with Gasteiger partial charge in [0.2, 0.25) is 0 Å². The van der Waals surface area contributed by atoms with Gasteiger partial charge in [-0.15, -0.1) is 0 Å². The quantitative estimate of drug-likeness (QED) is 0.580. The van der Waals surface area contributed by atoms with Gasteiger partial charge in [-0.25, -0.2) is 8.78 Å². The first kappa shape index (κ1) is 13.5. The maximum Gasteiger partial charge on any atom is 0.415 e. The molecule has 0 aliphatic carbocycles. The van der Waals surface area contributed by atoms with Crippen LogP contribution in [0.1, 0.15) is 0 Å². The Morgan fingerprint density at radius 2 is 1.57 bits per heavy atom. The molecule has 0 aliphatic heterocycles. The average Bonchev–Trinajstić information content (AvgIpc) is 2.01. The summed E-state index contributed by atoms with van der Waals surface area (Å²) in [6.45, 7) is -1.63. The zero-order valence-electron chi connectivity index (χ0n) is 6.93. The van der Waals surface area contributed by atoms with Crippen LogP contribution in [0.25, 0.3) is 0 Å². The summed E-state index contributed by atoms with van der Waals surface area (Å²) < 4.78 is 58.1. The Morgan fingerprint density at radius 1 is 1.07 bits per heavy atom. The van der Waals surface area contributed by atoms with Crippen LogP contribution in [-0.2, 0) is 0 Å². The van der Waals surface area contributed by atoms with Gasteiger partial charge in [-0.05, 0) is 0 Å². The molecule has 2 atom stereocenters. The molecule has 0 saturated heterocycles. The van der Waals surface area contributed by atoms with E-state index in [0.717, 1.165) is 0 Å². The van der Waals surface area contributed by atoms with Crippen molar-refractivity contribution < 1.29 is 32.2 Å². The van der Waals surface area contributed by atoms with Crippen molar-refractivity contribution in [3.63, 3.8) is 0 Å². The van der Waals surface area contributed by atoms with E-state index in [-0.39, 0.29) is 0 Å². The molecular formula is C6H10F5NO2. The molecule has 0 spiro atoms. The molecule has 0 fully saturated rings. The molecule has 0 aromatic carbocycles. The monoisotopic (exact) mass is 223 g/mol. The van der Waals surface area contributed by atoms with Gasteiger partial charge in [0.15, 0.2) is 6.10 Å². The van der Waals surface area contributed by atoms with Crippen molar-refractivity contribution in [3.8, 4) is 0 Å². The Kier molecular flexibility index (Phi) is 5.24. The summed E-state index contributed by atoms with van der Waals surface area (Å²) in [5.74, 6) is 0. The van der Waals surface area contributed by atoms with E-state index in [2.05, 4.69) is 0 Å². The van der Waals surface area contributed by atoms with E-state index in [1.54, 1.807) is 0 Å². The van der Waals surface area contributed by atoms with Crippen molar-refractivity contribution >= 4 is 0 Å². The number of nitrogens with one attached hydrogen (secondary N) is 1. The van der Waals surface area contributed by atoms with E-state index in [1.807, 2.05) is 5.32 Å². The molecular weight excluding hydrogens is 213 g/mol. The third-order valence-electron chi connectivity index (χ3n) is 1.36. The SMILES string of the molecule is OC(CNCC(O)C(F)(F)F)C(F)F. The number of aliphatic hydroxyl groups is 2. The van der Waals surface area contributed by atoms with Crippen LogP contribution in [0, 0.1) is 0 Å². The number of hydrogen-bond donors (Lipinski definition) is 3. The van der Waals surface area contributed by atoms with E-state index >= 15 is 0 Å². The molecule has 0 aromatic heterocycles. The summed E-state index contributed by atoms with van der Waals surface area (Å²) in [4.78, 5) is 0. The zero-order chi connectivity index (χ0) is 11.4. The predicted molar refractivity (Wildman–Crippen MR) is 36.9 cm³/mol. The second-order valence-corrected chi connectivity index (χ2v) is 2.62. The number of aliphatic hydroxyl groups excluding tert-OH is 2. The molecule has 14 heavy (non-hydrogen) atoms. The molecule has 86 valence electrons. The average molecular weight is 223 g/mol. The molecule has 0 bridgehead atoms. The molecule has 0 heterocycles. The topological polar surface area (TPSA) is 52.5 Å². The van der Waals surface area contributed by atoms with Gasteiger partial charge in [-0.1, -0.05) is 0 Å². The van der Waals surface area contributed by atoms with Gasteiger partial charge in [0.05, 0.1) is 0 Å². The van der Waals surface area contributed by atoms with E-state index in [9.17, 15) is 22.0 Å². The highest BCUT2D eigenvalue weighted by Crippen LogP contribution is 2.19. The number of rotatable bonds is 5. The highest BCUT2D eigenvalue weighted by Gasteiger charge is 2.37. The summed E-state index contributed by atoms with van der Waals surface area (Å²) >= 11 is 0. The molecule has 0 amide bonds. The van der Waals surface area contributed by atoms with E-state index in [0.29, 0.717) is 0 Å². The van der Waals surface area contributed by atoms with Crippen LogP contribution >= 0.6 is 0 Å². The second-order valence-electron chi connectivity index (χ2n) is 2.62. The molecule has 3 N–H and O–H groups in total. The minimum atomic E-state index is -4.79. The molecule has 8 heteroatoms. The van der Waals surface area contributed by atoms with Crippen LogP contribution in [0.4, 0.5) is 22.0 Å². The molecule has 0 saturated carbocycles. The van der Waals surface area contributed by atoms with Crippen molar-refractivity contribution in [1.29, 1.82) is 0 Å². The lowest BCUT2D eigenvalue weighted by atomic mass is 10.3. The first-order valence-corrected chi connectivity index (χ1v) is 3.67. The van der Waals surface area contributed by atoms with Crippen molar-refractivity contribution in [2.75, 3.05) is 13.1 Å². The molecule has 0 rings (SSSR count). The Balaban J connectivity index is 3.65. The van der Waals surface area contributed by atoms with Gasteiger partial charge in [0, 0.05) is 13.1 Å². The van der Waals surface area contributed by atoms with Crippen LogP contribution in [0.15, 0.2) is 0 Å². The molecule has 3 nitrogen and oxygen atoms in total. The zero-order valence-corrected chi connectivity index (χ0v) is 6.93. The summed E-state index contributed by atoms with van der Waals surface area (Å²) in [7, 11) is 0. The first-order chi connectivity index (χ1) is 6.25. The van der Waals surface area contributed by atoms with E-state index in [1.165, 1.54) is 0 Å². The molecule has 2 unspecified atom stereocenters. The molecule has 0 aromatic rings. The van der Waals surface area contributed by atoms with Crippen molar-refractivity contribution in [2.45, 2.75) is 24.8 Å². The maximum absolute atomic E-state index is 11.6. The Morgan fingerprint density at radius 3 is 1.93 bits per heavy atom. The highest BCUT2D eigenvalue weighted by atomic mass is 19.4. The fourth-order valence-electron chi connectivity index (χ4n) is 0.573. The Bertz CT molecular complexity index is 163. The minimum absolute atomic E-state index is 0.704. The molecule has 0 radical (unpaired) electrons. The fourth-order valence-corrected chi connectivity index (χ4v) is 0.573. The van der Waals surface area contributed by atoms with Gasteiger partial charge in [0.1, 0.15) is 6.10 Å². The number of halogens is 5. The lowest BCUT2D eigenvalue weighted by Gasteiger charge is -2.16. The van der Waals surface area contributed by atoms with Crippen LogP contribution in [0.2, 0.25) is 0 Å². The third-order valence-corrected chi connectivity index (χ3v) is 1.36. The van der Waals surface area contributed by atoms with Crippen molar-refractivity contribution in [3.05, 3.63) is 0 Å². The van der Waals surface area contributed by atoms with Crippen molar-refractivity contribution in [1.82, 2.24) is 5.32 Å². The maximum atomic E-state index is 11.6. The summed E-state index contributed by atoms with van der Waals surface area (Å²) in [5, 5.41) is 18.7. The van der Waals surface area contributed by atoms with E-state index in [4.69, 9.17) is 10.2 Å². The Hall–Kier alpha value is -0.470. The molecule has 0 aliphatic rings. The lowest BCUT2D eigenvalue weighted by molar-refractivity contribution is -0.202. The minimum Gasteiger partial charge on any atom is -0.386 e. The van der Waals surface area contributed by atoms with Gasteiger partial charge < -0.3 is 15.5 Å². The second kappa shape index (κ2) is 5.42. The Labute approximate surface area is 76.5 Å². The fraction of sp³-hybridized carbons (Fsp3) is 1.00. The normalized spacial score (nSPS) is 17.1. The van der Waals surface area contributed by atoms with Crippen LogP contribution in [0.5, 0.6) is 0 Å². The predicted octanol–water partition coefficient (Wildman–Crippen LogP) is 0.125. The van der Waals surface area contributed by atoms with E-state index < -0.39 is 37.9 Å². The van der Waals surface area contributed by atoms with Crippen LogP contribution in [-0.4, -0.2) is 48.1 Å². The number of alkyl halides is 5. The highest BCUT2D eigenvalue weighted by molar-refractivity contribution is 4.70. The van der Waals surface area contributed by atoms with Crippen molar-refractivity contribution in [2.24, 2.45) is 0 Å². The largest absolute Gasteiger partial charge is 0.415 e. The smallest absolute Gasteiger partial charge is 0.386 e.